The highest BCUT2D eigenvalue weighted by Gasteiger charge is 2.11. The number of hydrogen-bond acceptors (Lipinski definition) is 6. The van der Waals surface area contributed by atoms with Gasteiger partial charge in [-0.05, 0) is 24.3 Å². The molecule has 3 heterocycles. The summed E-state index contributed by atoms with van der Waals surface area (Å²) in [6.45, 7) is 4.84. The van der Waals surface area contributed by atoms with Crippen molar-refractivity contribution in [3.63, 3.8) is 0 Å². The van der Waals surface area contributed by atoms with Gasteiger partial charge in [0.15, 0.2) is 11.5 Å². The number of nitrogens with zero attached hydrogens (tertiary/aromatic N) is 5. The summed E-state index contributed by atoms with van der Waals surface area (Å²) in [6.07, 6.45) is 0. The topological polar surface area (TPSA) is 68.0 Å². The van der Waals surface area contributed by atoms with Crippen molar-refractivity contribution in [1.82, 2.24) is 24.8 Å². The first kappa shape index (κ1) is 16.6. The predicted molar refractivity (Wildman–Crippen MR) is 99.7 cm³/mol. The fourth-order valence-electron chi connectivity index (χ4n) is 2.54. The number of halogens is 1. The molecule has 0 aliphatic carbocycles. The van der Waals surface area contributed by atoms with Gasteiger partial charge in [0.1, 0.15) is 11.6 Å². The molecule has 1 N–H and O–H groups in total. The van der Waals surface area contributed by atoms with E-state index in [4.69, 9.17) is 0 Å². The summed E-state index contributed by atoms with van der Waals surface area (Å²) in [5.41, 5.74) is 2.21. The van der Waals surface area contributed by atoms with E-state index in [1.807, 2.05) is 12.1 Å². The number of fused-ring (bicyclic) bond motifs is 1. The van der Waals surface area contributed by atoms with Gasteiger partial charge in [-0.2, -0.15) is 4.52 Å². The molecule has 3 aromatic heterocycles. The molecule has 0 fully saturated rings. The second-order valence-corrected chi connectivity index (χ2v) is 7.10. The smallest absolute Gasteiger partial charge is 0.185 e. The van der Waals surface area contributed by atoms with Crippen LogP contribution >= 0.6 is 11.3 Å². The minimum Gasteiger partial charge on any atom is -0.363 e. The van der Waals surface area contributed by atoms with Crippen LogP contribution in [0.3, 0.4) is 0 Å². The molecule has 6 nitrogen and oxygen atoms in total. The molecule has 0 saturated heterocycles. The Morgan fingerprint density at radius 2 is 2.08 bits per heavy atom. The lowest BCUT2D eigenvalue weighted by Crippen LogP contribution is -2.05. The van der Waals surface area contributed by atoms with Gasteiger partial charge in [0.25, 0.3) is 0 Å². The van der Waals surface area contributed by atoms with Crippen molar-refractivity contribution in [1.29, 1.82) is 0 Å². The Hall–Kier alpha value is -2.87. The zero-order valence-corrected chi connectivity index (χ0v) is 15.2. The highest BCUT2D eigenvalue weighted by atomic mass is 32.1. The Morgan fingerprint density at radius 1 is 1.19 bits per heavy atom. The molecule has 0 saturated carbocycles. The Labute approximate surface area is 153 Å². The minimum atomic E-state index is -0.321. The van der Waals surface area contributed by atoms with Crippen LogP contribution in [0.5, 0.6) is 0 Å². The second kappa shape index (κ2) is 6.80. The summed E-state index contributed by atoms with van der Waals surface area (Å²) in [7, 11) is 0. The molecular formula is C18H17FN6S. The fraction of sp³-hybridized carbons (Fsp3) is 0.222. The molecule has 26 heavy (non-hydrogen) atoms. The molecule has 132 valence electrons. The third-order valence-corrected chi connectivity index (χ3v) is 5.05. The van der Waals surface area contributed by atoms with Crippen molar-refractivity contribution in [2.45, 2.75) is 26.3 Å². The van der Waals surface area contributed by atoms with E-state index in [2.05, 4.69) is 44.8 Å². The molecule has 4 aromatic rings. The highest BCUT2D eigenvalue weighted by Crippen LogP contribution is 2.21. The fourth-order valence-corrected chi connectivity index (χ4v) is 3.38. The highest BCUT2D eigenvalue weighted by molar-refractivity contribution is 7.09. The first-order valence-electron chi connectivity index (χ1n) is 8.27. The van der Waals surface area contributed by atoms with E-state index < -0.39 is 0 Å². The lowest BCUT2D eigenvalue weighted by molar-refractivity contribution is 0.628. The van der Waals surface area contributed by atoms with Crippen LogP contribution < -0.4 is 5.32 Å². The van der Waals surface area contributed by atoms with Gasteiger partial charge in [0.2, 0.25) is 0 Å². The van der Waals surface area contributed by atoms with Crippen molar-refractivity contribution in [2.75, 3.05) is 5.32 Å². The van der Waals surface area contributed by atoms with E-state index in [9.17, 15) is 4.39 Å². The summed E-state index contributed by atoms with van der Waals surface area (Å²) in [5.74, 6) is 1.28. The van der Waals surface area contributed by atoms with Crippen molar-refractivity contribution >= 4 is 22.8 Å². The van der Waals surface area contributed by atoms with Crippen LogP contribution in [0.15, 0.2) is 41.8 Å². The van der Waals surface area contributed by atoms with Crippen LogP contribution in [-0.4, -0.2) is 24.8 Å². The summed E-state index contributed by atoms with van der Waals surface area (Å²) in [6, 6.07) is 9.90. The molecule has 8 heteroatoms. The molecule has 0 atom stereocenters. The van der Waals surface area contributed by atoms with Crippen LogP contribution in [-0.2, 0) is 6.54 Å². The first-order valence-corrected chi connectivity index (χ1v) is 9.14. The number of thiazole rings is 1. The number of anilines is 1. The van der Waals surface area contributed by atoms with Crippen molar-refractivity contribution in [2.24, 2.45) is 0 Å². The van der Waals surface area contributed by atoms with E-state index in [0.717, 1.165) is 10.7 Å². The quantitative estimate of drug-likeness (QED) is 0.574. The lowest BCUT2D eigenvalue weighted by atomic mass is 10.2. The van der Waals surface area contributed by atoms with Gasteiger partial charge in [-0.25, -0.2) is 9.37 Å². The van der Waals surface area contributed by atoms with Gasteiger partial charge in [-0.3, -0.25) is 0 Å². The molecule has 0 spiro atoms. The van der Waals surface area contributed by atoms with E-state index >= 15 is 0 Å². The maximum atomic E-state index is 13.5. The third-order valence-electron chi connectivity index (χ3n) is 3.86. The van der Waals surface area contributed by atoms with Gasteiger partial charge < -0.3 is 5.32 Å². The molecule has 4 rings (SSSR count). The number of aromatic nitrogens is 5. The number of benzene rings is 1. The standard InChI is InChI=1S/C18H17FN6S/c1-11(2)18-21-14(10-26-18)9-20-15-6-7-16-22-23-17(25(16)24-15)12-4-3-5-13(19)8-12/h3-8,10-11H,9H2,1-2H3,(H,20,24). The third kappa shape index (κ3) is 3.28. The molecule has 0 amide bonds. The van der Waals surface area contributed by atoms with Gasteiger partial charge in [-0.1, -0.05) is 26.0 Å². The van der Waals surface area contributed by atoms with Crippen LogP contribution in [0.2, 0.25) is 0 Å². The first-order chi connectivity index (χ1) is 12.6. The van der Waals surface area contributed by atoms with E-state index in [1.165, 1.54) is 12.1 Å². The Bertz CT molecular complexity index is 1050. The predicted octanol–water partition coefficient (Wildman–Crippen LogP) is 4.12. The number of rotatable bonds is 5. The largest absolute Gasteiger partial charge is 0.363 e. The maximum absolute atomic E-state index is 13.5. The molecule has 0 aliphatic heterocycles. The number of nitrogens with one attached hydrogen (secondary N) is 1. The molecule has 0 bridgehead atoms. The molecule has 0 unspecified atom stereocenters. The van der Waals surface area contributed by atoms with E-state index in [0.29, 0.717) is 35.3 Å². The van der Waals surface area contributed by atoms with Crippen LogP contribution in [0.4, 0.5) is 10.2 Å². The molecular weight excluding hydrogens is 351 g/mol. The maximum Gasteiger partial charge on any atom is 0.185 e. The van der Waals surface area contributed by atoms with Gasteiger partial charge >= 0.3 is 0 Å². The summed E-state index contributed by atoms with van der Waals surface area (Å²) in [4.78, 5) is 4.61. The van der Waals surface area contributed by atoms with Crippen LogP contribution in [0.1, 0.15) is 30.5 Å². The van der Waals surface area contributed by atoms with E-state index in [-0.39, 0.29) is 5.82 Å². The van der Waals surface area contributed by atoms with E-state index in [1.54, 1.807) is 28.0 Å². The molecule has 0 radical (unpaired) electrons. The van der Waals surface area contributed by atoms with Crippen molar-refractivity contribution in [3.05, 3.63) is 58.3 Å². The normalized spacial score (nSPS) is 11.4. The lowest BCUT2D eigenvalue weighted by Gasteiger charge is -2.05. The zero-order chi connectivity index (χ0) is 18.1. The zero-order valence-electron chi connectivity index (χ0n) is 14.3. The number of hydrogen-bond donors (Lipinski definition) is 1. The summed E-state index contributed by atoms with van der Waals surface area (Å²) >= 11 is 1.67. The molecule has 0 aliphatic rings. The second-order valence-electron chi connectivity index (χ2n) is 6.21. The SMILES string of the molecule is CC(C)c1nc(CNc2ccc3nnc(-c4cccc(F)c4)n3n2)cs1. The summed E-state index contributed by atoms with van der Waals surface area (Å²) < 4.78 is 15.1. The van der Waals surface area contributed by atoms with Crippen molar-refractivity contribution < 1.29 is 4.39 Å². The van der Waals surface area contributed by atoms with Gasteiger partial charge in [0, 0.05) is 16.9 Å². The van der Waals surface area contributed by atoms with Crippen molar-refractivity contribution in [3.8, 4) is 11.4 Å². The Balaban J connectivity index is 1.59. The van der Waals surface area contributed by atoms with Crippen LogP contribution in [0.25, 0.3) is 17.0 Å². The van der Waals surface area contributed by atoms with Crippen LogP contribution in [0, 0.1) is 5.82 Å². The van der Waals surface area contributed by atoms with Gasteiger partial charge in [-0.15, -0.1) is 26.6 Å². The minimum absolute atomic E-state index is 0.321. The Morgan fingerprint density at radius 3 is 2.85 bits per heavy atom. The van der Waals surface area contributed by atoms with Gasteiger partial charge in [0.05, 0.1) is 17.2 Å². The monoisotopic (exact) mass is 368 g/mol. The Kier molecular flexibility index (Phi) is 4.34. The average molecular weight is 368 g/mol. The summed E-state index contributed by atoms with van der Waals surface area (Å²) in [5, 5.41) is 19.2. The average Bonchev–Trinajstić information content (AvgIpc) is 3.27. The molecule has 1 aromatic carbocycles.